The van der Waals surface area contributed by atoms with Crippen LogP contribution >= 0.6 is 11.3 Å². The van der Waals surface area contributed by atoms with Gasteiger partial charge in [-0.15, -0.1) is 11.3 Å². The molecule has 0 bridgehead atoms. The van der Waals surface area contributed by atoms with Crippen molar-refractivity contribution < 1.29 is 9.53 Å². The molecule has 0 spiro atoms. The summed E-state index contributed by atoms with van der Waals surface area (Å²) in [5.41, 5.74) is 0.692. The molecule has 0 radical (unpaired) electrons. The quantitative estimate of drug-likeness (QED) is 0.589. The van der Waals surface area contributed by atoms with Gasteiger partial charge in [0.15, 0.2) is 5.75 Å². The van der Waals surface area contributed by atoms with E-state index in [1.54, 1.807) is 11.6 Å². The Kier molecular flexibility index (Phi) is 6.36. The van der Waals surface area contributed by atoms with E-state index in [4.69, 9.17) is 4.74 Å². The van der Waals surface area contributed by atoms with Gasteiger partial charge in [-0.25, -0.2) is 0 Å². The fourth-order valence-electron chi connectivity index (χ4n) is 3.50. The lowest BCUT2D eigenvalue weighted by Crippen LogP contribution is -2.29. The summed E-state index contributed by atoms with van der Waals surface area (Å²) in [5, 5.41) is 4.40. The minimum Gasteiger partial charge on any atom is -0.494 e. The molecule has 3 aromatic rings. The summed E-state index contributed by atoms with van der Waals surface area (Å²) in [5.74, 6) is 0.177. The van der Waals surface area contributed by atoms with E-state index in [-0.39, 0.29) is 11.5 Å². The first-order chi connectivity index (χ1) is 13.5. The first kappa shape index (κ1) is 20.4. The second kappa shape index (κ2) is 8.75. The van der Waals surface area contributed by atoms with E-state index in [9.17, 15) is 9.59 Å². The van der Waals surface area contributed by atoms with Gasteiger partial charge in [-0.2, -0.15) is 0 Å². The number of nitrogens with one attached hydrogen (secondary N) is 1. The molecule has 0 unspecified atom stereocenters. The van der Waals surface area contributed by atoms with E-state index in [2.05, 4.69) is 24.1 Å². The summed E-state index contributed by atoms with van der Waals surface area (Å²) in [7, 11) is 3.25. The largest absolute Gasteiger partial charge is 0.494 e. The molecular weight excluding hydrogens is 374 g/mol. The van der Waals surface area contributed by atoms with Crippen LogP contribution in [0.4, 0.5) is 0 Å². The number of para-hydroxylation sites is 1. The Morgan fingerprint density at radius 3 is 2.64 bits per heavy atom. The van der Waals surface area contributed by atoms with Gasteiger partial charge in [-0.05, 0) is 32.1 Å². The van der Waals surface area contributed by atoms with Gasteiger partial charge in [0.2, 0.25) is 0 Å². The number of pyridine rings is 1. The molecule has 0 saturated carbocycles. The maximum absolute atomic E-state index is 12.9. The number of nitrogens with zero attached hydrogens (tertiary/aromatic N) is 2. The standard InChI is InChI=1S/C21H27N3O3S/c1-5-24(6-2)13-9-12-22-20(25)19-17(27-4)16-18(28-19)14-10-7-8-11-15(14)23(3)21(16)26/h7-8,10-11H,5-6,9,12-13H2,1-4H3,(H,22,25). The maximum Gasteiger partial charge on any atom is 0.265 e. The zero-order valence-corrected chi connectivity index (χ0v) is 17.7. The van der Waals surface area contributed by atoms with E-state index in [0.29, 0.717) is 22.6 Å². The topological polar surface area (TPSA) is 63.6 Å². The maximum atomic E-state index is 12.9. The van der Waals surface area contributed by atoms with Crippen LogP contribution in [0.25, 0.3) is 21.0 Å². The van der Waals surface area contributed by atoms with Gasteiger partial charge >= 0.3 is 0 Å². The molecule has 0 aliphatic rings. The molecule has 1 aromatic carbocycles. The summed E-state index contributed by atoms with van der Waals surface area (Å²) >= 11 is 1.32. The van der Waals surface area contributed by atoms with E-state index in [1.165, 1.54) is 18.4 Å². The van der Waals surface area contributed by atoms with Crippen LogP contribution in [0.3, 0.4) is 0 Å². The predicted octanol–water partition coefficient (Wildman–Crippen LogP) is 3.22. The van der Waals surface area contributed by atoms with Crippen molar-refractivity contribution >= 4 is 38.2 Å². The molecule has 3 rings (SSSR count). The van der Waals surface area contributed by atoms with E-state index >= 15 is 0 Å². The Balaban J connectivity index is 1.94. The smallest absolute Gasteiger partial charge is 0.265 e. The highest BCUT2D eigenvalue weighted by Crippen LogP contribution is 2.39. The molecule has 7 heteroatoms. The molecule has 2 heterocycles. The number of amides is 1. The molecule has 150 valence electrons. The molecule has 0 aliphatic heterocycles. The van der Waals surface area contributed by atoms with Crippen molar-refractivity contribution in [3.63, 3.8) is 0 Å². The number of fused-ring (bicyclic) bond motifs is 3. The van der Waals surface area contributed by atoms with Gasteiger partial charge in [0.1, 0.15) is 10.3 Å². The molecule has 0 atom stereocenters. The second-order valence-corrected chi connectivity index (χ2v) is 7.71. The summed E-state index contributed by atoms with van der Waals surface area (Å²) in [6, 6.07) is 7.72. The van der Waals surface area contributed by atoms with Crippen molar-refractivity contribution in [3.05, 3.63) is 39.5 Å². The van der Waals surface area contributed by atoms with Crippen LogP contribution in [0.1, 0.15) is 29.9 Å². The van der Waals surface area contributed by atoms with Crippen molar-refractivity contribution in [1.82, 2.24) is 14.8 Å². The molecule has 0 fully saturated rings. The molecule has 2 aromatic heterocycles. The fraction of sp³-hybridized carbons (Fsp3) is 0.429. The average Bonchev–Trinajstić information content (AvgIpc) is 3.12. The van der Waals surface area contributed by atoms with Crippen molar-refractivity contribution in [2.24, 2.45) is 7.05 Å². The monoisotopic (exact) mass is 401 g/mol. The van der Waals surface area contributed by atoms with Crippen molar-refractivity contribution in [2.75, 3.05) is 33.3 Å². The van der Waals surface area contributed by atoms with Crippen LogP contribution in [-0.4, -0.2) is 48.7 Å². The highest BCUT2D eigenvalue weighted by Gasteiger charge is 2.24. The van der Waals surface area contributed by atoms with Crippen LogP contribution in [-0.2, 0) is 7.05 Å². The number of benzene rings is 1. The summed E-state index contributed by atoms with van der Waals surface area (Å²) < 4.78 is 7.92. The normalized spacial score (nSPS) is 11.5. The number of aromatic nitrogens is 1. The highest BCUT2D eigenvalue weighted by atomic mass is 32.1. The van der Waals surface area contributed by atoms with Crippen molar-refractivity contribution in [3.8, 4) is 5.75 Å². The predicted molar refractivity (Wildman–Crippen MR) is 116 cm³/mol. The molecule has 1 N–H and O–H groups in total. The van der Waals surface area contributed by atoms with E-state index < -0.39 is 0 Å². The fourth-order valence-corrected chi connectivity index (χ4v) is 4.72. The number of carbonyl (C=O) groups is 1. The number of carbonyl (C=O) groups excluding carboxylic acids is 1. The molecule has 6 nitrogen and oxygen atoms in total. The van der Waals surface area contributed by atoms with Gasteiger partial charge < -0.3 is 19.5 Å². The Hall–Kier alpha value is -2.38. The molecule has 1 amide bonds. The second-order valence-electron chi connectivity index (χ2n) is 6.69. The first-order valence-corrected chi connectivity index (χ1v) is 10.4. The molecular formula is C21H27N3O3S. The average molecular weight is 402 g/mol. The Morgan fingerprint density at radius 2 is 1.96 bits per heavy atom. The van der Waals surface area contributed by atoms with Crippen LogP contribution in [0.15, 0.2) is 29.1 Å². The van der Waals surface area contributed by atoms with Crippen LogP contribution < -0.4 is 15.6 Å². The third-order valence-corrected chi connectivity index (χ3v) is 6.34. The van der Waals surface area contributed by atoms with Gasteiger partial charge in [-0.1, -0.05) is 32.0 Å². The first-order valence-electron chi connectivity index (χ1n) is 9.62. The Morgan fingerprint density at radius 1 is 1.25 bits per heavy atom. The number of ether oxygens (including phenoxy) is 1. The minimum absolute atomic E-state index is 0.151. The lowest BCUT2D eigenvalue weighted by molar-refractivity contribution is 0.0953. The van der Waals surface area contributed by atoms with E-state index in [1.807, 2.05) is 24.3 Å². The SMILES string of the molecule is CCN(CC)CCCNC(=O)c1sc2c(c1OC)c(=O)n(C)c1ccccc21. The lowest BCUT2D eigenvalue weighted by Gasteiger charge is -2.17. The van der Waals surface area contributed by atoms with Gasteiger partial charge in [0.05, 0.1) is 17.3 Å². The van der Waals surface area contributed by atoms with Crippen LogP contribution in [0, 0.1) is 0 Å². The Labute approximate surface area is 168 Å². The number of rotatable bonds is 8. The van der Waals surface area contributed by atoms with Crippen molar-refractivity contribution in [1.29, 1.82) is 0 Å². The number of thiophene rings is 1. The summed E-state index contributed by atoms with van der Waals surface area (Å²) in [6.07, 6.45) is 0.880. The number of methoxy groups -OCH3 is 1. The zero-order valence-electron chi connectivity index (χ0n) is 16.9. The Bertz CT molecular complexity index is 1050. The molecule has 0 saturated heterocycles. The van der Waals surface area contributed by atoms with Gasteiger partial charge in [-0.3, -0.25) is 9.59 Å². The number of hydrogen-bond acceptors (Lipinski definition) is 5. The molecule has 0 aliphatic carbocycles. The third-order valence-electron chi connectivity index (χ3n) is 5.13. The number of aryl methyl sites for hydroxylation is 1. The summed E-state index contributed by atoms with van der Waals surface area (Å²) in [4.78, 5) is 28.5. The minimum atomic E-state index is -0.191. The molecule has 28 heavy (non-hydrogen) atoms. The van der Waals surface area contributed by atoms with E-state index in [0.717, 1.165) is 41.7 Å². The van der Waals surface area contributed by atoms with Gasteiger partial charge in [0.25, 0.3) is 11.5 Å². The lowest BCUT2D eigenvalue weighted by atomic mass is 10.1. The van der Waals surface area contributed by atoms with Crippen LogP contribution in [0.5, 0.6) is 5.75 Å². The number of hydrogen-bond donors (Lipinski definition) is 1. The third kappa shape index (κ3) is 3.64. The van der Waals surface area contributed by atoms with Crippen LogP contribution in [0.2, 0.25) is 0 Å². The zero-order chi connectivity index (χ0) is 20.3. The van der Waals surface area contributed by atoms with Crippen molar-refractivity contribution in [2.45, 2.75) is 20.3 Å². The van der Waals surface area contributed by atoms with Gasteiger partial charge in [0, 0.05) is 19.0 Å². The highest BCUT2D eigenvalue weighted by molar-refractivity contribution is 7.22. The summed E-state index contributed by atoms with van der Waals surface area (Å²) in [6.45, 7) is 7.81.